The molecule has 0 unspecified atom stereocenters. The predicted octanol–water partition coefficient (Wildman–Crippen LogP) is 4.61. The molecule has 0 saturated heterocycles. The van der Waals surface area contributed by atoms with Crippen LogP contribution < -0.4 is 24.4 Å². The first-order valence-corrected chi connectivity index (χ1v) is 12.0. The zero-order chi connectivity index (χ0) is 25.0. The van der Waals surface area contributed by atoms with Gasteiger partial charge in [0, 0.05) is 24.2 Å². The van der Waals surface area contributed by atoms with E-state index >= 15 is 0 Å². The second-order valence-corrected chi connectivity index (χ2v) is 9.73. The van der Waals surface area contributed by atoms with Gasteiger partial charge in [0.05, 0.1) is 18.5 Å². The van der Waals surface area contributed by atoms with Gasteiger partial charge in [-0.1, -0.05) is 6.07 Å². The van der Waals surface area contributed by atoms with Crippen molar-refractivity contribution in [3.63, 3.8) is 0 Å². The molecule has 0 radical (unpaired) electrons. The van der Waals surface area contributed by atoms with E-state index < -0.39 is 11.7 Å². The first kappa shape index (κ1) is 24.6. The molecule has 1 aliphatic heterocycles. The molecule has 0 atom stereocenters. The number of anilines is 2. The molecule has 2 heterocycles. The molecule has 0 bridgehead atoms. The molecule has 1 aromatic carbocycles. The van der Waals surface area contributed by atoms with Crippen LogP contribution in [0.4, 0.5) is 16.2 Å². The van der Waals surface area contributed by atoms with Gasteiger partial charge in [0.1, 0.15) is 18.8 Å². The van der Waals surface area contributed by atoms with Crippen LogP contribution in [0, 0.1) is 5.92 Å². The number of nitrogens with zero attached hydrogens (tertiary/aromatic N) is 2. The number of ether oxygens (including phenoxy) is 4. The smallest absolute Gasteiger partial charge is 0.407 e. The molecule has 0 spiro atoms. The summed E-state index contributed by atoms with van der Waals surface area (Å²) < 4.78 is 22.4. The van der Waals surface area contributed by atoms with E-state index in [2.05, 4.69) is 10.3 Å². The summed E-state index contributed by atoms with van der Waals surface area (Å²) in [5, 5.41) is 2.94. The van der Waals surface area contributed by atoms with E-state index in [1.807, 2.05) is 39.0 Å². The zero-order valence-electron chi connectivity index (χ0n) is 20.7. The van der Waals surface area contributed by atoms with Crippen LogP contribution in [-0.4, -0.2) is 49.0 Å². The SMILES string of the molecule is COc1cc(N(C(=O)C2CCC(NC(=O)OC(C)(C)C)CC2)c2cccc3c2OCCO3)ccn1. The van der Waals surface area contributed by atoms with Crippen molar-refractivity contribution in [2.45, 2.75) is 58.1 Å². The Hall–Kier alpha value is -3.49. The lowest BCUT2D eigenvalue weighted by Crippen LogP contribution is -2.43. The molecule has 35 heavy (non-hydrogen) atoms. The van der Waals surface area contributed by atoms with Gasteiger partial charge < -0.3 is 24.3 Å². The number of pyridine rings is 1. The van der Waals surface area contributed by atoms with Crippen molar-refractivity contribution in [1.82, 2.24) is 10.3 Å². The number of aromatic nitrogens is 1. The minimum Gasteiger partial charge on any atom is -0.486 e. The zero-order valence-corrected chi connectivity index (χ0v) is 20.7. The van der Waals surface area contributed by atoms with Crippen LogP contribution in [0.1, 0.15) is 46.5 Å². The summed E-state index contributed by atoms with van der Waals surface area (Å²) in [6.45, 7) is 6.38. The molecule has 2 aromatic rings. The summed E-state index contributed by atoms with van der Waals surface area (Å²) >= 11 is 0. The first-order valence-electron chi connectivity index (χ1n) is 12.0. The van der Waals surface area contributed by atoms with Crippen molar-refractivity contribution in [3.05, 3.63) is 36.5 Å². The number of carbonyl (C=O) groups is 2. The lowest BCUT2D eigenvalue weighted by molar-refractivity contribution is -0.122. The summed E-state index contributed by atoms with van der Waals surface area (Å²) in [6.07, 6.45) is 3.86. The maximum Gasteiger partial charge on any atom is 0.407 e. The van der Waals surface area contributed by atoms with Gasteiger partial charge in [-0.15, -0.1) is 0 Å². The highest BCUT2D eigenvalue weighted by molar-refractivity contribution is 6.03. The summed E-state index contributed by atoms with van der Waals surface area (Å²) in [4.78, 5) is 32.0. The fourth-order valence-corrected chi connectivity index (χ4v) is 4.41. The topological polar surface area (TPSA) is 99.2 Å². The third kappa shape index (κ3) is 5.96. The van der Waals surface area contributed by atoms with Crippen LogP contribution in [-0.2, 0) is 9.53 Å². The third-order valence-corrected chi connectivity index (χ3v) is 5.99. The number of rotatable bonds is 5. The quantitative estimate of drug-likeness (QED) is 0.663. The monoisotopic (exact) mass is 483 g/mol. The molecule has 2 amide bonds. The number of nitrogens with one attached hydrogen (secondary N) is 1. The van der Waals surface area contributed by atoms with E-state index in [1.165, 1.54) is 0 Å². The lowest BCUT2D eigenvalue weighted by atomic mass is 9.85. The van der Waals surface area contributed by atoms with Crippen LogP contribution in [0.3, 0.4) is 0 Å². The van der Waals surface area contributed by atoms with E-state index in [0.29, 0.717) is 67.7 Å². The molecular formula is C26H33N3O6. The fourth-order valence-electron chi connectivity index (χ4n) is 4.41. The van der Waals surface area contributed by atoms with Gasteiger partial charge >= 0.3 is 6.09 Å². The van der Waals surface area contributed by atoms with Crippen LogP contribution in [0.15, 0.2) is 36.5 Å². The molecule has 9 nitrogen and oxygen atoms in total. The second-order valence-electron chi connectivity index (χ2n) is 9.73. The van der Waals surface area contributed by atoms with E-state index in [-0.39, 0.29) is 17.9 Å². The largest absolute Gasteiger partial charge is 0.486 e. The highest BCUT2D eigenvalue weighted by Crippen LogP contribution is 2.44. The number of hydrogen-bond donors (Lipinski definition) is 1. The Morgan fingerprint density at radius 3 is 2.54 bits per heavy atom. The highest BCUT2D eigenvalue weighted by Gasteiger charge is 2.34. The standard InChI is InChI=1S/C26H33N3O6/c1-26(2,3)35-25(31)28-18-10-8-17(9-11-18)24(30)29(19-12-13-27-22(16-19)32-4)20-6-5-7-21-23(20)34-15-14-33-21/h5-7,12-13,16-18H,8-11,14-15H2,1-4H3,(H,28,31). The number of amides is 2. The van der Waals surface area contributed by atoms with Crippen molar-refractivity contribution >= 4 is 23.4 Å². The molecular weight excluding hydrogens is 450 g/mol. The van der Waals surface area contributed by atoms with Crippen molar-refractivity contribution in [2.75, 3.05) is 25.2 Å². The van der Waals surface area contributed by atoms with Gasteiger partial charge in [-0.3, -0.25) is 9.69 Å². The maximum absolute atomic E-state index is 14.0. The Bertz CT molecular complexity index is 1060. The number of carbonyl (C=O) groups excluding carboxylic acids is 2. The van der Waals surface area contributed by atoms with Gasteiger partial charge in [-0.25, -0.2) is 9.78 Å². The number of para-hydroxylation sites is 1. The molecule has 9 heteroatoms. The number of alkyl carbamates (subject to hydrolysis) is 1. The van der Waals surface area contributed by atoms with Gasteiger partial charge in [0.15, 0.2) is 11.5 Å². The Labute approximate surface area is 205 Å². The Morgan fingerprint density at radius 1 is 1.09 bits per heavy atom. The average Bonchev–Trinajstić information content (AvgIpc) is 2.84. The molecule has 4 rings (SSSR count). The molecule has 188 valence electrons. The number of methoxy groups -OCH3 is 1. The van der Waals surface area contributed by atoms with Crippen molar-refractivity contribution in [3.8, 4) is 17.4 Å². The van der Waals surface area contributed by atoms with Crippen LogP contribution in [0.5, 0.6) is 17.4 Å². The summed E-state index contributed by atoms with van der Waals surface area (Å²) in [5.41, 5.74) is 0.706. The van der Waals surface area contributed by atoms with E-state index in [9.17, 15) is 9.59 Å². The van der Waals surface area contributed by atoms with Crippen LogP contribution in [0.25, 0.3) is 0 Å². The minimum atomic E-state index is -0.552. The summed E-state index contributed by atoms with van der Waals surface area (Å²) in [6, 6.07) is 9.03. The van der Waals surface area contributed by atoms with Crippen molar-refractivity contribution in [1.29, 1.82) is 0 Å². The number of benzene rings is 1. The number of hydrogen-bond acceptors (Lipinski definition) is 7. The molecule has 1 saturated carbocycles. The van der Waals surface area contributed by atoms with Crippen molar-refractivity contribution in [2.24, 2.45) is 5.92 Å². The second kappa shape index (κ2) is 10.4. The van der Waals surface area contributed by atoms with Crippen molar-refractivity contribution < 1.29 is 28.5 Å². The minimum absolute atomic E-state index is 0.0235. The van der Waals surface area contributed by atoms with E-state index in [4.69, 9.17) is 18.9 Å². The molecule has 1 N–H and O–H groups in total. The van der Waals surface area contributed by atoms with E-state index in [1.54, 1.807) is 30.3 Å². The average molecular weight is 484 g/mol. The maximum atomic E-state index is 14.0. The van der Waals surface area contributed by atoms with Crippen LogP contribution in [0.2, 0.25) is 0 Å². The van der Waals surface area contributed by atoms with Gasteiger partial charge in [0.2, 0.25) is 11.8 Å². The lowest BCUT2D eigenvalue weighted by Gasteiger charge is -2.34. The molecule has 1 aliphatic carbocycles. The van der Waals surface area contributed by atoms with Gasteiger partial charge in [-0.2, -0.15) is 0 Å². The Morgan fingerprint density at radius 2 is 1.83 bits per heavy atom. The Kier molecular flexibility index (Phi) is 7.33. The normalized spacial score (nSPS) is 19.4. The molecule has 2 aliphatic rings. The van der Waals surface area contributed by atoms with Crippen LogP contribution >= 0.6 is 0 Å². The van der Waals surface area contributed by atoms with Gasteiger partial charge in [-0.05, 0) is 64.7 Å². The molecule has 1 aromatic heterocycles. The summed E-state index contributed by atoms with van der Waals surface area (Å²) in [5.74, 6) is 1.30. The summed E-state index contributed by atoms with van der Waals surface area (Å²) in [7, 11) is 1.54. The highest BCUT2D eigenvalue weighted by atomic mass is 16.6. The third-order valence-electron chi connectivity index (χ3n) is 5.99. The fraction of sp³-hybridized carbons (Fsp3) is 0.500. The number of fused-ring (bicyclic) bond motifs is 1. The first-order chi connectivity index (χ1) is 16.7. The van der Waals surface area contributed by atoms with E-state index in [0.717, 1.165) is 0 Å². The predicted molar refractivity (Wildman–Crippen MR) is 130 cm³/mol. The van der Waals surface area contributed by atoms with Gasteiger partial charge in [0.25, 0.3) is 0 Å². The molecule has 1 fully saturated rings. The Balaban J connectivity index is 1.55.